The second kappa shape index (κ2) is 12.4. The van der Waals surface area contributed by atoms with Crippen LogP contribution in [0, 0.1) is 5.41 Å². The van der Waals surface area contributed by atoms with Gasteiger partial charge in [-0.05, 0) is 84.7 Å². The Balaban J connectivity index is 1.79. The van der Waals surface area contributed by atoms with Crippen LogP contribution in [0.3, 0.4) is 0 Å². The highest BCUT2D eigenvalue weighted by Gasteiger charge is 2.44. The molecule has 2 aromatic carbocycles. The number of cyclic esters (lactones) is 1. The lowest BCUT2D eigenvalue weighted by Gasteiger charge is -2.36. The Morgan fingerprint density at radius 3 is 2.11 bits per heavy atom. The Hall–Kier alpha value is -3.91. The number of hydrogen-bond acceptors (Lipinski definition) is 5. The van der Waals surface area contributed by atoms with Crippen molar-refractivity contribution in [2.24, 2.45) is 10.6 Å². The van der Waals surface area contributed by atoms with E-state index in [4.69, 9.17) is 9.47 Å². The Labute approximate surface area is 258 Å². The summed E-state index contributed by atoms with van der Waals surface area (Å²) in [7, 11) is 2.32. The van der Waals surface area contributed by atoms with Crippen molar-refractivity contribution in [1.82, 2.24) is 4.90 Å². The molecule has 0 spiro atoms. The van der Waals surface area contributed by atoms with E-state index < -0.39 is 59.2 Å². The van der Waals surface area contributed by atoms with Gasteiger partial charge in [0.25, 0.3) is 0 Å². The van der Waals surface area contributed by atoms with Gasteiger partial charge >= 0.3 is 24.6 Å². The molecule has 0 bridgehead atoms. The SMILES string of the molecule is CO/N=C(/c1ccc(OC)c(C2=C(CN3C(=O)O[C@H](c4cc(C(F)(F)F)cc(C(F)(F)F)c4)[C@@H]3C)CC(C)(C)CC2)c1)C(F)(F)F. The molecule has 1 aliphatic carbocycles. The minimum Gasteiger partial charge on any atom is -0.496 e. The Morgan fingerprint density at radius 2 is 1.59 bits per heavy atom. The molecule has 46 heavy (non-hydrogen) atoms. The normalized spacial score (nSPS) is 21.0. The van der Waals surface area contributed by atoms with Gasteiger partial charge in [-0.3, -0.25) is 4.90 Å². The lowest BCUT2D eigenvalue weighted by molar-refractivity contribution is -0.143. The second-order valence-electron chi connectivity index (χ2n) is 12.0. The van der Waals surface area contributed by atoms with Crippen LogP contribution >= 0.6 is 0 Å². The number of benzene rings is 2. The third kappa shape index (κ3) is 7.38. The van der Waals surface area contributed by atoms with Crippen LogP contribution in [0.4, 0.5) is 44.3 Å². The highest BCUT2D eigenvalue weighted by molar-refractivity contribution is 6.05. The predicted molar refractivity (Wildman–Crippen MR) is 149 cm³/mol. The molecule has 6 nitrogen and oxygen atoms in total. The Bertz CT molecular complexity index is 1510. The van der Waals surface area contributed by atoms with Crippen molar-refractivity contribution in [1.29, 1.82) is 0 Å². The highest BCUT2D eigenvalue weighted by Crippen LogP contribution is 2.47. The summed E-state index contributed by atoms with van der Waals surface area (Å²) < 4.78 is 133. The highest BCUT2D eigenvalue weighted by atomic mass is 19.4. The summed E-state index contributed by atoms with van der Waals surface area (Å²) in [6, 6.07) is 3.82. The number of carbonyl (C=O) groups excluding carboxylic acids is 1. The fourth-order valence-electron chi connectivity index (χ4n) is 5.85. The monoisotopic (exact) mass is 666 g/mol. The van der Waals surface area contributed by atoms with Crippen molar-refractivity contribution in [3.8, 4) is 5.75 Å². The first-order valence-electron chi connectivity index (χ1n) is 14.0. The number of oxime groups is 1. The van der Waals surface area contributed by atoms with E-state index in [1.54, 1.807) is 0 Å². The molecule has 1 heterocycles. The van der Waals surface area contributed by atoms with Crippen LogP contribution in [0.5, 0.6) is 5.75 Å². The van der Waals surface area contributed by atoms with Crippen LogP contribution in [0.25, 0.3) is 5.57 Å². The van der Waals surface area contributed by atoms with Crippen LogP contribution in [0.2, 0.25) is 0 Å². The minimum atomic E-state index is -5.09. The Morgan fingerprint density at radius 1 is 0.978 bits per heavy atom. The average Bonchev–Trinajstić information content (AvgIpc) is 3.22. The average molecular weight is 667 g/mol. The molecule has 1 fully saturated rings. The van der Waals surface area contributed by atoms with E-state index in [0.717, 1.165) is 7.11 Å². The molecule has 0 aromatic heterocycles. The van der Waals surface area contributed by atoms with E-state index in [9.17, 15) is 44.3 Å². The molecular weight excluding hydrogens is 635 g/mol. The molecule has 0 saturated carbocycles. The largest absolute Gasteiger partial charge is 0.496 e. The first-order valence-corrected chi connectivity index (χ1v) is 14.0. The lowest BCUT2D eigenvalue weighted by atomic mass is 9.72. The third-order valence-electron chi connectivity index (χ3n) is 8.11. The number of methoxy groups -OCH3 is 1. The summed E-state index contributed by atoms with van der Waals surface area (Å²) in [5.41, 5.74) is -3.95. The molecule has 1 amide bonds. The molecule has 252 valence electrons. The van der Waals surface area contributed by atoms with Gasteiger partial charge < -0.3 is 14.3 Å². The molecule has 2 aromatic rings. The Kier molecular flexibility index (Phi) is 9.39. The number of carbonyl (C=O) groups is 1. The van der Waals surface area contributed by atoms with Crippen molar-refractivity contribution >= 4 is 17.4 Å². The summed E-state index contributed by atoms with van der Waals surface area (Å²) in [6.45, 7) is 5.21. The van der Waals surface area contributed by atoms with E-state index >= 15 is 0 Å². The van der Waals surface area contributed by atoms with Gasteiger partial charge in [0.05, 0.1) is 24.3 Å². The van der Waals surface area contributed by atoms with Gasteiger partial charge in [0.15, 0.2) is 5.71 Å². The van der Waals surface area contributed by atoms with Crippen LogP contribution < -0.4 is 4.74 Å². The van der Waals surface area contributed by atoms with Crippen molar-refractivity contribution < 1.29 is 58.6 Å². The smallest absolute Gasteiger partial charge is 0.437 e. The second-order valence-corrected chi connectivity index (χ2v) is 12.0. The predicted octanol–water partition coefficient (Wildman–Crippen LogP) is 9.19. The topological polar surface area (TPSA) is 60.4 Å². The molecule has 2 atom stereocenters. The van der Waals surface area contributed by atoms with Crippen LogP contribution in [0.1, 0.15) is 74.0 Å². The zero-order chi connectivity index (χ0) is 34.4. The number of halogens is 9. The van der Waals surface area contributed by atoms with Gasteiger partial charge in [-0.2, -0.15) is 39.5 Å². The molecule has 1 aliphatic heterocycles. The molecule has 0 radical (unpaired) electrons. The number of amides is 1. The molecule has 0 N–H and O–H groups in total. The third-order valence-corrected chi connectivity index (χ3v) is 8.11. The molecule has 0 unspecified atom stereocenters. The maximum atomic E-state index is 13.8. The summed E-state index contributed by atoms with van der Waals surface area (Å²) in [5.74, 6) is 0.244. The van der Waals surface area contributed by atoms with E-state index in [1.807, 2.05) is 13.8 Å². The molecular formula is C31H31F9N2O4. The fourth-order valence-corrected chi connectivity index (χ4v) is 5.85. The molecule has 15 heteroatoms. The van der Waals surface area contributed by atoms with Gasteiger partial charge in [0.2, 0.25) is 0 Å². The van der Waals surface area contributed by atoms with Crippen molar-refractivity contribution in [2.75, 3.05) is 20.8 Å². The fraction of sp³-hybridized carbons (Fsp3) is 0.484. The van der Waals surface area contributed by atoms with E-state index in [0.29, 0.717) is 48.1 Å². The van der Waals surface area contributed by atoms with Gasteiger partial charge in [0.1, 0.15) is 19.0 Å². The summed E-state index contributed by atoms with van der Waals surface area (Å²) >= 11 is 0. The van der Waals surface area contributed by atoms with Gasteiger partial charge in [-0.1, -0.05) is 19.0 Å². The van der Waals surface area contributed by atoms with Crippen LogP contribution in [0.15, 0.2) is 47.1 Å². The van der Waals surface area contributed by atoms with Crippen molar-refractivity contribution in [2.45, 2.75) is 70.7 Å². The van der Waals surface area contributed by atoms with E-state index in [-0.39, 0.29) is 29.3 Å². The minimum absolute atomic E-state index is 0.00699. The standard InChI is InChI=1S/C31H31F9N2O4/c1-16-25(18-10-20(29(32,33)34)13-21(11-18)30(35,36)37)46-27(43)42(16)15-19-14-28(2,3)9-8-22(19)23-12-17(6-7-24(23)44-4)26(41-45-5)31(38,39)40/h6-7,10-13,16,25H,8-9,14-15H2,1-5H3/b41-26-/t16-,25-/m0/s1. The quantitative estimate of drug-likeness (QED) is 0.168. The summed E-state index contributed by atoms with van der Waals surface area (Å²) in [6.07, 6.45) is -16.1. The molecule has 2 aliphatic rings. The number of nitrogens with zero attached hydrogens (tertiary/aromatic N) is 2. The number of rotatable bonds is 7. The molecule has 1 saturated heterocycles. The van der Waals surface area contributed by atoms with Crippen LogP contribution in [-0.2, 0) is 21.9 Å². The van der Waals surface area contributed by atoms with Crippen LogP contribution in [-0.4, -0.2) is 49.7 Å². The maximum Gasteiger partial charge on any atom is 0.437 e. The zero-order valence-electron chi connectivity index (χ0n) is 25.4. The molecule has 4 rings (SSSR count). The maximum absolute atomic E-state index is 13.8. The van der Waals surface area contributed by atoms with Gasteiger partial charge in [0, 0.05) is 17.7 Å². The summed E-state index contributed by atoms with van der Waals surface area (Å²) in [4.78, 5) is 18.7. The van der Waals surface area contributed by atoms with E-state index in [2.05, 4.69) is 9.99 Å². The van der Waals surface area contributed by atoms with Crippen molar-refractivity contribution in [3.63, 3.8) is 0 Å². The van der Waals surface area contributed by atoms with Crippen molar-refractivity contribution in [3.05, 3.63) is 69.8 Å². The zero-order valence-corrected chi connectivity index (χ0v) is 25.4. The number of ether oxygens (including phenoxy) is 2. The lowest BCUT2D eigenvalue weighted by Crippen LogP contribution is -2.35. The number of allylic oxidation sites excluding steroid dienone is 1. The van der Waals surface area contributed by atoms with Gasteiger partial charge in [-0.15, -0.1) is 0 Å². The first-order chi connectivity index (χ1) is 21.2. The van der Waals surface area contributed by atoms with E-state index in [1.165, 1.54) is 37.1 Å². The van der Waals surface area contributed by atoms with Gasteiger partial charge in [-0.25, -0.2) is 4.79 Å². The first kappa shape index (κ1) is 35.0. The number of hydrogen-bond donors (Lipinski definition) is 0. The summed E-state index contributed by atoms with van der Waals surface area (Å²) in [5, 5.41) is 3.16. The number of alkyl halides is 9.